The van der Waals surface area contributed by atoms with Gasteiger partial charge in [0, 0.05) is 11.6 Å². The zero-order valence-corrected chi connectivity index (χ0v) is 15.3. The smallest absolute Gasteiger partial charge is 0.121 e. The third kappa shape index (κ3) is 3.57. The maximum absolute atomic E-state index is 10.8. The lowest BCUT2D eigenvalue weighted by atomic mass is 9.91. The second kappa shape index (κ2) is 7.65. The van der Waals surface area contributed by atoms with E-state index >= 15 is 0 Å². The summed E-state index contributed by atoms with van der Waals surface area (Å²) >= 11 is 0. The summed E-state index contributed by atoms with van der Waals surface area (Å²) in [7, 11) is 0. The molecule has 0 aliphatic heterocycles. The first-order valence-corrected chi connectivity index (χ1v) is 9.30. The van der Waals surface area contributed by atoms with Gasteiger partial charge in [0.15, 0.2) is 0 Å². The zero-order valence-electron chi connectivity index (χ0n) is 15.3. The molecule has 27 heavy (non-hydrogen) atoms. The number of nitrogens with one attached hydrogen (secondary N) is 1. The Morgan fingerprint density at radius 3 is 1.96 bits per heavy atom. The Balaban J connectivity index is 1.84. The first kappa shape index (κ1) is 17.3. The Morgan fingerprint density at radius 2 is 1.26 bits per heavy atom. The minimum absolute atomic E-state index is 0.118. The molecule has 0 saturated heterocycles. The normalized spacial score (nSPS) is 13.4. The van der Waals surface area contributed by atoms with E-state index in [0.717, 1.165) is 21.9 Å². The Labute approximate surface area is 160 Å². The number of phenolic OH excluding ortho intramolecular Hbond substituents is 1. The predicted octanol–water partition coefficient (Wildman–Crippen LogP) is 5.99. The van der Waals surface area contributed by atoms with Crippen LogP contribution in [-0.4, -0.2) is 5.11 Å². The molecule has 0 amide bonds. The second-order valence-corrected chi connectivity index (χ2v) is 6.86. The molecule has 0 aliphatic carbocycles. The molecule has 2 nitrogen and oxygen atoms in total. The molecule has 0 aromatic heterocycles. The third-order valence-electron chi connectivity index (χ3n) is 5.09. The van der Waals surface area contributed by atoms with E-state index in [1.165, 1.54) is 5.56 Å². The molecule has 4 aromatic carbocycles. The van der Waals surface area contributed by atoms with Crippen LogP contribution in [0, 0.1) is 0 Å². The fraction of sp³-hybridized carbons (Fsp3) is 0.120. The summed E-state index contributed by atoms with van der Waals surface area (Å²) in [4.78, 5) is 0. The van der Waals surface area contributed by atoms with Gasteiger partial charge in [0.25, 0.3) is 0 Å². The topological polar surface area (TPSA) is 32.3 Å². The van der Waals surface area contributed by atoms with E-state index in [1.807, 2.05) is 42.5 Å². The summed E-state index contributed by atoms with van der Waals surface area (Å²) in [5.41, 5.74) is 3.27. The van der Waals surface area contributed by atoms with Crippen molar-refractivity contribution in [3.05, 3.63) is 114 Å². The molecule has 0 spiro atoms. The van der Waals surface area contributed by atoms with Crippen LogP contribution in [-0.2, 0) is 0 Å². The van der Waals surface area contributed by atoms with E-state index in [1.54, 1.807) is 6.07 Å². The van der Waals surface area contributed by atoms with Gasteiger partial charge in [-0.3, -0.25) is 5.32 Å². The number of hydrogen-bond donors (Lipinski definition) is 2. The molecule has 134 valence electrons. The van der Waals surface area contributed by atoms with Crippen molar-refractivity contribution in [1.29, 1.82) is 0 Å². The van der Waals surface area contributed by atoms with Gasteiger partial charge >= 0.3 is 0 Å². The van der Waals surface area contributed by atoms with Crippen molar-refractivity contribution in [1.82, 2.24) is 5.32 Å². The fourth-order valence-electron chi connectivity index (χ4n) is 3.67. The highest BCUT2D eigenvalue weighted by Crippen LogP contribution is 2.37. The number of aromatic hydroxyl groups is 1. The summed E-state index contributed by atoms with van der Waals surface area (Å²) in [5.74, 6) is 0.315. The van der Waals surface area contributed by atoms with Gasteiger partial charge in [0.1, 0.15) is 5.75 Å². The van der Waals surface area contributed by atoms with Crippen molar-refractivity contribution in [3.63, 3.8) is 0 Å². The molecule has 4 rings (SSSR count). The van der Waals surface area contributed by atoms with Gasteiger partial charge in [-0.15, -0.1) is 0 Å². The summed E-state index contributed by atoms with van der Waals surface area (Å²) < 4.78 is 0. The quantitative estimate of drug-likeness (QED) is 0.462. The van der Waals surface area contributed by atoms with Crippen LogP contribution in [0.4, 0.5) is 0 Å². The standard InChI is InChI=1S/C25H23NO/c1-18(19-10-4-2-5-11-19)26-25(21-13-6-3-7-14-21)24-22-15-9-8-12-20(22)16-17-23(24)27/h2-18,25-27H,1H3/t18-,25?/m0/s1. The van der Waals surface area contributed by atoms with E-state index in [4.69, 9.17) is 0 Å². The monoisotopic (exact) mass is 353 g/mol. The Hall–Kier alpha value is -3.10. The van der Waals surface area contributed by atoms with Gasteiger partial charge < -0.3 is 5.11 Å². The highest BCUT2D eigenvalue weighted by atomic mass is 16.3. The van der Waals surface area contributed by atoms with E-state index in [0.29, 0.717) is 5.75 Å². The van der Waals surface area contributed by atoms with Gasteiger partial charge in [0.2, 0.25) is 0 Å². The summed E-state index contributed by atoms with van der Waals surface area (Å²) in [6, 6.07) is 32.7. The molecule has 0 fully saturated rings. The van der Waals surface area contributed by atoms with Gasteiger partial charge in [-0.2, -0.15) is 0 Å². The lowest BCUT2D eigenvalue weighted by Gasteiger charge is -2.26. The van der Waals surface area contributed by atoms with E-state index in [-0.39, 0.29) is 12.1 Å². The van der Waals surface area contributed by atoms with Crippen LogP contribution >= 0.6 is 0 Å². The largest absolute Gasteiger partial charge is 0.508 e. The number of hydrogen-bond acceptors (Lipinski definition) is 2. The van der Waals surface area contributed by atoms with Crippen molar-refractivity contribution in [2.45, 2.75) is 19.0 Å². The molecular formula is C25H23NO. The third-order valence-corrected chi connectivity index (χ3v) is 5.09. The molecule has 1 unspecified atom stereocenters. The molecule has 4 aromatic rings. The van der Waals surface area contributed by atoms with Crippen molar-refractivity contribution >= 4 is 10.8 Å². The molecular weight excluding hydrogens is 330 g/mol. The Kier molecular flexibility index (Phi) is 4.91. The average molecular weight is 353 g/mol. The first-order valence-electron chi connectivity index (χ1n) is 9.30. The van der Waals surface area contributed by atoms with Crippen molar-refractivity contribution in [3.8, 4) is 5.75 Å². The molecule has 2 heteroatoms. The Morgan fingerprint density at radius 1 is 0.667 bits per heavy atom. The predicted molar refractivity (Wildman–Crippen MR) is 112 cm³/mol. The van der Waals surface area contributed by atoms with Gasteiger partial charge in [0.05, 0.1) is 6.04 Å². The number of benzene rings is 4. The second-order valence-electron chi connectivity index (χ2n) is 6.86. The summed E-state index contributed by atoms with van der Waals surface area (Å²) in [5, 5.41) is 16.7. The van der Waals surface area contributed by atoms with Gasteiger partial charge in [-0.25, -0.2) is 0 Å². The molecule has 0 saturated carbocycles. The molecule has 2 atom stereocenters. The lowest BCUT2D eigenvalue weighted by Crippen LogP contribution is -2.26. The van der Waals surface area contributed by atoms with Crippen molar-refractivity contribution in [2.75, 3.05) is 0 Å². The van der Waals surface area contributed by atoms with E-state index < -0.39 is 0 Å². The highest BCUT2D eigenvalue weighted by Gasteiger charge is 2.22. The van der Waals surface area contributed by atoms with Crippen LogP contribution < -0.4 is 5.32 Å². The van der Waals surface area contributed by atoms with E-state index in [2.05, 4.69) is 60.8 Å². The van der Waals surface area contributed by atoms with Crippen LogP contribution in [0.15, 0.2) is 97.1 Å². The maximum Gasteiger partial charge on any atom is 0.121 e. The molecule has 2 N–H and O–H groups in total. The lowest BCUT2D eigenvalue weighted by molar-refractivity contribution is 0.449. The minimum Gasteiger partial charge on any atom is -0.508 e. The van der Waals surface area contributed by atoms with Crippen molar-refractivity contribution in [2.24, 2.45) is 0 Å². The molecule has 0 aliphatic rings. The average Bonchev–Trinajstić information content (AvgIpc) is 2.73. The fourth-order valence-corrected chi connectivity index (χ4v) is 3.67. The highest BCUT2D eigenvalue weighted by molar-refractivity contribution is 5.88. The van der Waals surface area contributed by atoms with Crippen LogP contribution in [0.5, 0.6) is 5.75 Å². The molecule has 0 heterocycles. The molecule has 0 radical (unpaired) electrons. The minimum atomic E-state index is -0.118. The number of rotatable bonds is 5. The van der Waals surface area contributed by atoms with Gasteiger partial charge in [-0.05, 0) is 34.9 Å². The zero-order chi connectivity index (χ0) is 18.6. The number of phenols is 1. The molecule has 0 bridgehead atoms. The Bertz CT molecular complexity index is 1030. The van der Waals surface area contributed by atoms with Crippen LogP contribution in [0.3, 0.4) is 0 Å². The SMILES string of the molecule is C[C@H](NC(c1ccccc1)c1c(O)ccc2ccccc12)c1ccccc1. The van der Waals surface area contributed by atoms with Crippen molar-refractivity contribution < 1.29 is 5.11 Å². The first-order chi connectivity index (χ1) is 13.2. The van der Waals surface area contributed by atoms with E-state index in [9.17, 15) is 5.11 Å². The number of fused-ring (bicyclic) bond motifs is 1. The van der Waals surface area contributed by atoms with Gasteiger partial charge in [-0.1, -0.05) is 91.0 Å². The summed E-state index contributed by atoms with van der Waals surface area (Å²) in [6.45, 7) is 2.16. The van der Waals surface area contributed by atoms with Crippen LogP contribution in [0.2, 0.25) is 0 Å². The maximum atomic E-state index is 10.8. The van der Waals surface area contributed by atoms with Crippen LogP contribution in [0.1, 0.15) is 35.7 Å². The summed E-state index contributed by atoms with van der Waals surface area (Å²) in [6.07, 6.45) is 0. The van der Waals surface area contributed by atoms with Crippen LogP contribution in [0.25, 0.3) is 10.8 Å².